The van der Waals surface area contributed by atoms with Crippen molar-refractivity contribution in [2.45, 2.75) is 24.3 Å². The first-order chi connectivity index (χ1) is 17.0. The van der Waals surface area contributed by atoms with E-state index in [0.717, 1.165) is 22.3 Å². The highest BCUT2D eigenvalue weighted by Crippen LogP contribution is 2.51. The van der Waals surface area contributed by atoms with Crippen LogP contribution in [0.15, 0.2) is 72.8 Å². The molecule has 0 aromatic heterocycles. The Morgan fingerprint density at radius 2 is 1.51 bits per heavy atom. The van der Waals surface area contributed by atoms with Crippen LogP contribution in [0.2, 0.25) is 0 Å². The molecule has 3 fully saturated rings. The summed E-state index contributed by atoms with van der Waals surface area (Å²) >= 11 is 0. The molecule has 2 bridgehead atoms. The Labute approximate surface area is 202 Å². The van der Waals surface area contributed by atoms with Crippen LogP contribution < -0.4 is 5.32 Å². The van der Waals surface area contributed by atoms with Crippen molar-refractivity contribution in [1.82, 2.24) is 4.90 Å². The summed E-state index contributed by atoms with van der Waals surface area (Å²) in [5.74, 6) is -0.987. The Morgan fingerprint density at radius 3 is 2.11 bits per heavy atom. The Hall–Kier alpha value is -4.13. The molecular formula is C28H24N2O5. The third-order valence-electron chi connectivity index (χ3n) is 7.58. The molecule has 0 atom stereocenters. The number of carboxylic acids is 1. The van der Waals surface area contributed by atoms with Gasteiger partial charge in [0.2, 0.25) is 0 Å². The smallest absolute Gasteiger partial charge is 0.411 e. The molecule has 7 heteroatoms. The zero-order valence-electron chi connectivity index (χ0n) is 18.9. The highest BCUT2D eigenvalue weighted by atomic mass is 16.5. The maximum Gasteiger partial charge on any atom is 0.411 e. The lowest BCUT2D eigenvalue weighted by atomic mass is 9.73. The number of ether oxygens (including phenoxy) is 1. The lowest BCUT2D eigenvalue weighted by molar-refractivity contribution is -0.151. The van der Waals surface area contributed by atoms with Crippen molar-refractivity contribution < 1.29 is 24.2 Å². The minimum Gasteiger partial charge on any atom is -0.479 e. The minimum absolute atomic E-state index is 0.0265. The average Bonchev–Trinajstić information content (AvgIpc) is 3.51. The number of amides is 2. The summed E-state index contributed by atoms with van der Waals surface area (Å²) < 4.78 is 5.57. The van der Waals surface area contributed by atoms with Gasteiger partial charge in [0.1, 0.15) is 12.1 Å². The number of fused-ring (bicyclic) bond motifs is 4. The van der Waals surface area contributed by atoms with E-state index in [9.17, 15) is 19.5 Å². The van der Waals surface area contributed by atoms with Crippen LogP contribution in [-0.4, -0.2) is 46.7 Å². The molecule has 1 saturated carbocycles. The average molecular weight is 469 g/mol. The van der Waals surface area contributed by atoms with Crippen molar-refractivity contribution in [1.29, 1.82) is 0 Å². The zero-order chi connectivity index (χ0) is 24.2. The molecule has 3 aromatic rings. The monoisotopic (exact) mass is 468 g/mol. The number of aliphatic carboxylic acids is 1. The van der Waals surface area contributed by atoms with Gasteiger partial charge < -0.3 is 14.7 Å². The molecule has 2 aliphatic carbocycles. The number of anilines is 1. The summed E-state index contributed by atoms with van der Waals surface area (Å²) in [5.41, 5.74) is 4.45. The first-order valence-corrected chi connectivity index (χ1v) is 11.7. The molecule has 2 heterocycles. The predicted octanol–water partition coefficient (Wildman–Crippen LogP) is 4.74. The van der Waals surface area contributed by atoms with E-state index >= 15 is 0 Å². The lowest BCUT2D eigenvalue weighted by Gasteiger charge is -2.37. The quantitative estimate of drug-likeness (QED) is 0.564. The highest BCUT2D eigenvalue weighted by molar-refractivity contribution is 5.99. The molecule has 35 heavy (non-hydrogen) atoms. The number of rotatable bonds is 5. The summed E-state index contributed by atoms with van der Waals surface area (Å²) in [6.07, 6.45) is 0.474. The molecule has 2 amide bonds. The van der Waals surface area contributed by atoms with Gasteiger partial charge in [0.05, 0.1) is 0 Å². The number of hydrogen-bond donors (Lipinski definition) is 2. The maximum atomic E-state index is 12.9. The van der Waals surface area contributed by atoms with Crippen LogP contribution in [0.3, 0.4) is 0 Å². The largest absolute Gasteiger partial charge is 0.479 e. The van der Waals surface area contributed by atoms with Gasteiger partial charge in [-0.05, 0) is 65.3 Å². The molecule has 3 aromatic carbocycles. The Kier molecular flexibility index (Phi) is 4.88. The molecule has 2 saturated heterocycles. The summed E-state index contributed by atoms with van der Waals surface area (Å²) in [4.78, 5) is 38.6. The lowest BCUT2D eigenvalue weighted by Crippen LogP contribution is -2.54. The molecule has 0 radical (unpaired) electrons. The summed E-state index contributed by atoms with van der Waals surface area (Å²) in [7, 11) is 0. The van der Waals surface area contributed by atoms with Gasteiger partial charge in [-0.3, -0.25) is 10.1 Å². The van der Waals surface area contributed by atoms with E-state index in [1.165, 1.54) is 4.90 Å². The van der Waals surface area contributed by atoms with Gasteiger partial charge in [-0.2, -0.15) is 0 Å². The van der Waals surface area contributed by atoms with Gasteiger partial charge in [-0.1, -0.05) is 48.5 Å². The number of nitrogens with one attached hydrogen (secondary N) is 1. The van der Waals surface area contributed by atoms with Gasteiger partial charge in [0.25, 0.3) is 5.91 Å². The summed E-state index contributed by atoms with van der Waals surface area (Å²) in [6.45, 7) is 0.689. The van der Waals surface area contributed by atoms with E-state index in [1.807, 2.05) is 24.3 Å². The van der Waals surface area contributed by atoms with Crippen molar-refractivity contribution in [2.24, 2.45) is 5.92 Å². The van der Waals surface area contributed by atoms with Gasteiger partial charge >= 0.3 is 12.1 Å². The Bertz CT molecular complexity index is 1300. The third kappa shape index (κ3) is 3.38. The van der Waals surface area contributed by atoms with Crippen molar-refractivity contribution in [2.75, 3.05) is 18.5 Å². The van der Waals surface area contributed by atoms with Crippen molar-refractivity contribution in [3.05, 3.63) is 89.5 Å². The number of benzene rings is 3. The third-order valence-corrected chi connectivity index (χ3v) is 7.58. The van der Waals surface area contributed by atoms with Gasteiger partial charge in [0, 0.05) is 23.7 Å². The normalized spacial score (nSPS) is 21.6. The Balaban J connectivity index is 1.10. The van der Waals surface area contributed by atoms with E-state index < -0.39 is 17.6 Å². The highest BCUT2D eigenvalue weighted by Gasteiger charge is 2.62. The van der Waals surface area contributed by atoms with Crippen molar-refractivity contribution in [3.63, 3.8) is 0 Å². The van der Waals surface area contributed by atoms with Crippen LogP contribution in [-0.2, 0) is 9.53 Å². The molecular weight excluding hydrogens is 444 g/mol. The number of carbonyl (C=O) groups is 3. The van der Waals surface area contributed by atoms with E-state index in [-0.39, 0.29) is 24.3 Å². The molecule has 2 aliphatic heterocycles. The first-order valence-electron chi connectivity index (χ1n) is 11.7. The molecule has 176 valence electrons. The summed E-state index contributed by atoms with van der Waals surface area (Å²) in [5, 5.41) is 12.3. The van der Waals surface area contributed by atoms with Crippen LogP contribution in [0.1, 0.15) is 40.2 Å². The number of carbonyl (C=O) groups excluding carboxylic acids is 2. The van der Waals surface area contributed by atoms with E-state index in [2.05, 4.69) is 29.6 Å². The maximum absolute atomic E-state index is 12.9. The minimum atomic E-state index is -1.06. The van der Waals surface area contributed by atoms with E-state index in [4.69, 9.17) is 4.74 Å². The molecule has 4 aliphatic rings. The molecule has 2 N–H and O–H groups in total. The number of carboxylic acid groups (broad SMARTS) is 1. The van der Waals surface area contributed by atoms with Gasteiger partial charge in [-0.15, -0.1) is 0 Å². The predicted molar refractivity (Wildman–Crippen MR) is 129 cm³/mol. The standard InChI is InChI=1S/C28H24N2O5/c31-25(30-15-17-13-28(30,14-17)26(32)33)18-9-11-19(12-10-18)29-27(34)35-16-24-22-7-3-1-5-20(22)21-6-2-4-8-23(21)24/h1-12,17,24H,13-16H2,(H,29,34)(H,32,33). The topological polar surface area (TPSA) is 95.9 Å². The zero-order valence-corrected chi connectivity index (χ0v) is 18.9. The van der Waals surface area contributed by atoms with Gasteiger partial charge in [-0.25, -0.2) is 9.59 Å². The SMILES string of the molecule is O=C(Nc1ccc(C(=O)N2CC3CC2(C(=O)O)C3)cc1)OCC1c2ccccc2-c2ccccc21. The Morgan fingerprint density at radius 1 is 0.914 bits per heavy atom. The molecule has 7 nitrogen and oxygen atoms in total. The second kappa shape index (κ2) is 7.98. The van der Waals surface area contributed by atoms with Crippen LogP contribution in [0, 0.1) is 5.92 Å². The number of nitrogens with zero attached hydrogens (tertiary/aromatic N) is 1. The van der Waals surface area contributed by atoms with E-state index in [1.54, 1.807) is 24.3 Å². The fourth-order valence-corrected chi connectivity index (χ4v) is 5.85. The second-order valence-electron chi connectivity index (χ2n) is 9.55. The van der Waals surface area contributed by atoms with Crippen LogP contribution >= 0.6 is 0 Å². The van der Waals surface area contributed by atoms with Crippen LogP contribution in [0.4, 0.5) is 10.5 Å². The molecule has 0 unspecified atom stereocenters. The first kappa shape index (κ1) is 21.4. The fourth-order valence-electron chi connectivity index (χ4n) is 5.85. The van der Waals surface area contributed by atoms with Crippen molar-refractivity contribution >= 4 is 23.7 Å². The molecule has 7 rings (SSSR count). The van der Waals surface area contributed by atoms with Gasteiger partial charge in [0.15, 0.2) is 0 Å². The summed E-state index contributed by atoms with van der Waals surface area (Å²) in [6, 6.07) is 22.8. The van der Waals surface area contributed by atoms with Crippen LogP contribution in [0.5, 0.6) is 0 Å². The number of hydrogen-bond acceptors (Lipinski definition) is 4. The van der Waals surface area contributed by atoms with Crippen molar-refractivity contribution in [3.8, 4) is 11.1 Å². The second-order valence-corrected chi connectivity index (χ2v) is 9.55. The van der Waals surface area contributed by atoms with E-state index in [0.29, 0.717) is 30.6 Å². The fraction of sp³-hybridized carbons (Fsp3) is 0.250. The molecule has 0 spiro atoms. The van der Waals surface area contributed by atoms with Crippen LogP contribution in [0.25, 0.3) is 11.1 Å².